The van der Waals surface area contributed by atoms with E-state index >= 15 is 0 Å². The number of nitrogens with two attached hydrogens (primary N) is 1. The highest BCUT2D eigenvalue weighted by molar-refractivity contribution is 9.10. The molecule has 84 valence electrons. The Morgan fingerprint density at radius 2 is 1.93 bits per heavy atom. The molecule has 2 nitrogen and oxygen atoms in total. The van der Waals surface area contributed by atoms with Gasteiger partial charge in [0.15, 0.2) is 0 Å². The Morgan fingerprint density at radius 1 is 1.33 bits per heavy atom. The van der Waals surface area contributed by atoms with E-state index in [-0.39, 0.29) is 11.8 Å². The summed E-state index contributed by atoms with van der Waals surface area (Å²) in [7, 11) is 0. The van der Waals surface area contributed by atoms with Crippen LogP contribution < -0.4 is 10.5 Å². The van der Waals surface area contributed by atoms with Gasteiger partial charge < -0.3 is 10.5 Å². The highest BCUT2D eigenvalue weighted by Crippen LogP contribution is 2.28. The van der Waals surface area contributed by atoms with Gasteiger partial charge in [-0.15, -0.1) is 13.2 Å². The topological polar surface area (TPSA) is 35.2 Å². The minimum Gasteiger partial charge on any atom is -0.406 e. The van der Waals surface area contributed by atoms with Gasteiger partial charge in [-0.25, -0.2) is 0 Å². The van der Waals surface area contributed by atoms with E-state index in [1.165, 1.54) is 12.1 Å². The number of halogens is 4. The fourth-order valence-electron chi connectivity index (χ4n) is 1.04. The van der Waals surface area contributed by atoms with Crippen LogP contribution in [0.15, 0.2) is 22.7 Å². The smallest absolute Gasteiger partial charge is 0.406 e. The van der Waals surface area contributed by atoms with E-state index in [1.807, 2.05) is 0 Å². The Balaban J connectivity index is 2.99. The molecule has 0 aromatic heterocycles. The molecule has 0 unspecified atom stereocenters. The fraction of sp³-hybridized carbons (Fsp3) is 0.333. The molecule has 0 radical (unpaired) electrons. The van der Waals surface area contributed by atoms with Crippen molar-refractivity contribution in [1.29, 1.82) is 0 Å². The van der Waals surface area contributed by atoms with Crippen molar-refractivity contribution in [2.45, 2.75) is 19.3 Å². The zero-order chi connectivity index (χ0) is 11.6. The number of rotatable bonds is 2. The van der Waals surface area contributed by atoms with Gasteiger partial charge in [-0.2, -0.15) is 0 Å². The lowest BCUT2D eigenvalue weighted by Crippen LogP contribution is -2.17. The second-order valence-electron chi connectivity index (χ2n) is 3.06. The van der Waals surface area contributed by atoms with Crippen LogP contribution in [0.2, 0.25) is 0 Å². The van der Waals surface area contributed by atoms with Crippen molar-refractivity contribution in [1.82, 2.24) is 0 Å². The van der Waals surface area contributed by atoms with Crippen LogP contribution in [0, 0.1) is 0 Å². The summed E-state index contributed by atoms with van der Waals surface area (Å²) in [6, 6.07) is 3.80. The molecule has 0 saturated carbocycles. The van der Waals surface area contributed by atoms with Gasteiger partial charge in [0, 0.05) is 10.5 Å². The third-order valence-electron chi connectivity index (χ3n) is 1.65. The first-order valence-electron chi connectivity index (χ1n) is 4.10. The zero-order valence-corrected chi connectivity index (χ0v) is 9.39. The molecule has 2 N–H and O–H groups in total. The first-order chi connectivity index (χ1) is 6.78. The number of benzene rings is 1. The Bertz CT molecular complexity index is 352. The molecule has 1 aromatic carbocycles. The quantitative estimate of drug-likeness (QED) is 0.903. The summed E-state index contributed by atoms with van der Waals surface area (Å²) in [5, 5.41) is 0. The molecule has 1 aromatic rings. The van der Waals surface area contributed by atoms with Gasteiger partial charge in [0.2, 0.25) is 0 Å². The van der Waals surface area contributed by atoms with Crippen LogP contribution in [-0.2, 0) is 0 Å². The largest absolute Gasteiger partial charge is 0.573 e. The van der Waals surface area contributed by atoms with Crippen LogP contribution in [0.3, 0.4) is 0 Å². The van der Waals surface area contributed by atoms with Gasteiger partial charge in [0.25, 0.3) is 0 Å². The fourth-order valence-corrected chi connectivity index (χ4v) is 1.53. The summed E-state index contributed by atoms with van der Waals surface area (Å²) in [5.74, 6) is -0.274. The lowest BCUT2D eigenvalue weighted by atomic mass is 10.1. The molecule has 0 amide bonds. The van der Waals surface area contributed by atoms with Gasteiger partial charge in [0.1, 0.15) is 5.75 Å². The third kappa shape index (κ3) is 4.09. The lowest BCUT2D eigenvalue weighted by Gasteiger charge is -2.12. The van der Waals surface area contributed by atoms with Crippen LogP contribution in [-0.4, -0.2) is 6.36 Å². The van der Waals surface area contributed by atoms with Crippen molar-refractivity contribution in [3.05, 3.63) is 28.2 Å². The first-order valence-corrected chi connectivity index (χ1v) is 4.89. The Morgan fingerprint density at radius 3 is 2.40 bits per heavy atom. The molecule has 0 aliphatic heterocycles. The number of alkyl halides is 3. The van der Waals surface area contributed by atoms with Crippen molar-refractivity contribution in [3.8, 4) is 5.75 Å². The summed E-state index contributed by atoms with van der Waals surface area (Å²) >= 11 is 3.09. The van der Waals surface area contributed by atoms with Gasteiger partial charge in [-0.1, -0.05) is 15.9 Å². The Hall–Kier alpha value is -0.750. The lowest BCUT2D eigenvalue weighted by molar-refractivity contribution is -0.274. The van der Waals surface area contributed by atoms with Crippen molar-refractivity contribution < 1.29 is 17.9 Å². The van der Waals surface area contributed by atoms with Crippen LogP contribution >= 0.6 is 15.9 Å². The summed E-state index contributed by atoms with van der Waals surface area (Å²) in [5.41, 5.74) is 6.13. The Labute approximate surface area is 93.3 Å². The van der Waals surface area contributed by atoms with Gasteiger partial charge in [0.05, 0.1) is 0 Å². The molecule has 0 saturated heterocycles. The van der Waals surface area contributed by atoms with Gasteiger partial charge >= 0.3 is 6.36 Å². The van der Waals surface area contributed by atoms with Crippen LogP contribution in [0.5, 0.6) is 5.75 Å². The maximum Gasteiger partial charge on any atom is 0.573 e. The van der Waals surface area contributed by atoms with Gasteiger partial charge in [-0.05, 0) is 30.7 Å². The number of hydrogen-bond donors (Lipinski definition) is 1. The molecule has 0 aliphatic carbocycles. The van der Waals surface area contributed by atoms with E-state index in [9.17, 15) is 13.2 Å². The summed E-state index contributed by atoms with van der Waals surface area (Å²) in [4.78, 5) is 0. The molecule has 0 spiro atoms. The van der Waals surface area contributed by atoms with E-state index in [2.05, 4.69) is 20.7 Å². The molecule has 1 rings (SSSR count). The van der Waals surface area contributed by atoms with Crippen molar-refractivity contribution in [2.24, 2.45) is 5.73 Å². The summed E-state index contributed by atoms with van der Waals surface area (Å²) in [6.07, 6.45) is -4.68. The third-order valence-corrected chi connectivity index (χ3v) is 2.11. The Kier molecular flexibility index (Phi) is 3.62. The van der Waals surface area contributed by atoms with Gasteiger partial charge in [-0.3, -0.25) is 0 Å². The molecule has 1 atom stereocenters. The van der Waals surface area contributed by atoms with E-state index in [0.29, 0.717) is 10.0 Å². The monoisotopic (exact) mass is 283 g/mol. The molecule has 0 bridgehead atoms. The molecule has 15 heavy (non-hydrogen) atoms. The van der Waals surface area contributed by atoms with E-state index in [0.717, 1.165) is 0 Å². The minimum absolute atomic E-state index is 0.274. The predicted octanol–water partition coefficient (Wildman–Crippen LogP) is 3.37. The summed E-state index contributed by atoms with van der Waals surface area (Å²) in [6.45, 7) is 1.68. The minimum atomic E-state index is -4.68. The normalized spacial score (nSPS) is 13.7. The molecule has 0 heterocycles. The molecule has 0 aliphatic rings. The first kappa shape index (κ1) is 12.3. The highest BCUT2D eigenvalue weighted by atomic mass is 79.9. The molecular weight excluding hydrogens is 275 g/mol. The van der Waals surface area contributed by atoms with Crippen LogP contribution in [0.25, 0.3) is 0 Å². The van der Waals surface area contributed by atoms with Crippen molar-refractivity contribution >= 4 is 15.9 Å². The second-order valence-corrected chi connectivity index (χ2v) is 3.97. The van der Waals surface area contributed by atoms with Crippen LogP contribution in [0.1, 0.15) is 18.5 Å². The second kappa shape index (κ2) is 4.40. The van der Waals surface area contributed by atoms with Crippen molar-refractivity contribution in [2.75, 3.05) is 0 Å². The SMILES string of the molecule is C[C@H](N)c1cc(Br)cc(OC(F)(F)F)c1. The predicted molar refractivity (Wildman–Crippen MR) is 53.4 cm³/mol. The number of ether oxygens (including phenoxy) is 1. The van der Waals surface area contributed by atoms with Crippen molar-refractivity contribution in [3.63, 3.8) is 0 Å². The van der Waals surface area contributed by atoms with E-state index in [4.69, 9.17) is 5.73 Å². The molecule has 0 fully saturated rings. The highest BCUT2D eigenvalue weighted by Gasteiger charge is 2.31. The number of hydrogen-bond acceptors (Lipinski definition) is 2. The van der Waals surface area contributed by atoms with Crippen LogP contribution in [0.4, 0.5) is 13.2 Å². The average Bonchev–Trinajstić information content (AvgIpc) is 1.99. The average molecular weight is 284 g/mol. The maximum absolute atomic E-state index is 11.9. The standard InChI is InChI=1S/C9H9BrF3NO/c1-5(14)6-2-7(10)4-8(3-6)15-9(11,12)13/h2-5H,14H2,1H3/t5-/m0/s1. The summed E-state index contributed by atoms with van der Waals surface area (Å²) < 4.78 is 40.1. The maximum atomic E-state index is 11.9. The van der Waals surface area contributed by atoms with E-state index in [1.54, 1.807) is 13.0 Å². The zero-order valence-electron chi connectivity index (χ0n) is 7.81. The molecular formula is C9H9BrF3NO. The molecule has 6 heteroatoms. The van der Waals surface area contributed by atoms with E-state index < -0.39 is 6.36 Å².